The highest BCUT2D eigenvalue weighted by molar-refractivity contribution is 5.22. The molecule has 1 atom stereocenters. The Kier molecular flexibility index (Phi) is 1.35. The zero-order valence-electron chi connectivity index (χ0n) is 6.40. The monoisotopic (exact) mass is 153 g/mol. The van der Waals surface area contributed by atoms with E-state index in [4.69, 9.17) is 0 Å². The highest BCUT2D eigenvalue weighted by Crippen LogP contribution is 2.15. The Morgan fingerprint density at radius 3 is 3.00 bits per heavy atom. The molecule has 0 radical (unpaired) electrons. The van der Waals surface area contributed by atoms with Crippen molar-refractivity contribution in [1.29, 1.82) is 0 Å². The summed E-state index contributed by atoms with van der Waals surface area (Å²) in [5.41, 5.74) is 1.94. The average Bonchev–Trinajstić information content (AvgIpc) is 2.34. The first-order valence-corrected chi connectivity index (χ1v) is 3.82. The van der Waals surface area contributed by atoms with Gasteiger partial charge in [0, 0.05) is 24.7 Å². The number of H-pyrrole nitrogens is 2. The molecule has 0 fully saturated rings. The molecular formula is C7H11N3O. The van der Waals surface area contributed by atoms with Crippen LogP contribution in [0.2, 0.25) is 0 Å². The van der Waals surface area contributed by atoms with E-state index in [1.165, 1.54) is 0 Å². The molecule has 1 aromatic rings. The van der Waals surface area contributed by atoms with Crippen LogP contribution < -0.4 is 10.9 Å². The van der Waals surface area contributed by atoms with Gasteiger partial charge in [-0.25, -0.2) is 0 Å². The largest absolute Gasteiger partial charge is 0.310 e. The van der Waals surface area contributed by atoms with Crippen molar-refractivity contribution in [2.24, 2.45) is 0 Å². The third kappa shape index (κ3) is 0.903. The number of hydrogen-bond donors (Lipinski definition) is 3. The van der Waals surface area contributed by atoms with Crippen molar-refractivity contribution in [3.63, 3.8) is 0 Å². The van der Waals surface area contributed by atoms with Crippen molar-refractivity contribution in [2.75, 3.05) is 6.54 Å². The predicted octanol–water partition coefficient (Wildman–Crippen LogP) is -0.0903. The Balaban J connectivity index is 2.56. The second-order valence-corrected chi connectivity index (χ2v) is 2.90. The maximum Gasteiger partial charge on any atom is 0.268 e. The van der Waals surface area contributed by atoms with Crippen molar-refractivity contribution in [3.05, 3.63) is 21.6 Å². The number of aromatic amines is 2. The minimum atomic E-state index is 0.0136. The van der Waals surface area contributed by atoms with Gasteiger partial charge < -0.3 is 10.4 Å². The van der Waals surface area contributed by atoms with Crippen molar-refractivity contribution < 1.29 is 0 Å². The molecule has 0 saturated carbocycles. The van der Waals surface area contributed by atoms with Crippen LogP contribution in [0.15, 0.2) is 4.79 Å². The molecule has 0 bridgehead atoms. The van der Waals surface area contributed by atoms with Gasteiger partial charge in [-0.1, -0.05) is 0 Å². The van der Waals surface area contributed by atoms with Gasteiger partial charge in [0.05, 0.1) is 5.56 Å². The van der Waals surface area contributed by atoms with Crippen LogP contribution >= 0.6 is 0 Å². The zero-order valence-corrected chi connectivity index (χ0v) is 6.40. The summed E-state index contributed by atoms with van der Waals surface area (Å²) in [6.07, 6.45) is 0.915. The molecule has 60 valence electrons. The third-order valence-electron chi connectivity index (χ3n) is 2.16. The quantitative estimate of drug-likeness (QED) is 0.488. The summed E-state index contributed by atoms with van der Waals surface area (Å²) in [6.45, 7) is 2.95. The molecule has 1 aromatic heterocycles. The summed E-state index contributed by atoms with van der Waals surface area (Å²) >= 11 is 0. The van der Waals surface area contributed by atoms with Crippen molar-refractivity contribution in [1.82, 2.24) is 15.5 Å². The van der Waals surface area contributed by atoms with Gasteiger partial charge in [-0.2, -0.15) is 0 Å². The van der Waals surface area contributed by atoms with Crippen molar-refractivity contribution in [3.8, 4) is 0 Å². The van der Waals surface area contributed by atoms with Crippen LogP contribution in [0, 0.1) is 0 Å². The topological polar surface area (TPSA) is 60.7 Å². The Morgan fingerprint density at radius 2 is 2.27 bits per heavy atom. The predicted molar refractivity (Wildman–Crippen MR) is 41.5 cm³/mol. The number of fused-ring (bicyclic) bond motifs is 1. The smallest absolute Gasteiger partial charge is 0.268 e. The van der Waals surface area contributed by atoms with Crippen LogP contribution in [0.3, 0.4) is 0 Å². The van der Waals surface area contributed by atoms with Gasteiger partial charge in [-0.05, 0) is 6.92 Å². The molecule has 4 heteroatoms. The van der Waals surface area contributed by atoms with Crippen LogP contribution in [-0.4, -0.2) is 16.7 Å². The number of hydrogen-bond acceptors (Lipinski definition) is 2. The Morgan fingerprint density at radius 1 is 1.45 bits per heavy atom. The molecule has 2 heterocycles. The molecule has 1 unspecified atom stereocenters. The summed E-state index contributed by atoms with van der Waals surface area (Å²) in [6, 6.07) is 0.189. The van der Waals surface area contributed by atoms with Crippen LogP contribution in [0.25, 0.3) is 0 Å². The minimum Gasteiger partial charge on any atom is -0.310 e. The van der Waals surface area contributed by atoms with E-state index in [9.17, 15) is 4.79 Å². The molecular weight excluding hydrogens is 142 g/mol. The molecule has 4 nitrogen and oxygen atoms in total. The van der Waals surface area contributed by atoms with Gasteiger partial charge in [0.1, 0.15) is 0 Å². The van der Waals surface area contributed by atoms with Crippen molar-refractivity contribution in [2.45, 2.75) is 19.4 Å². The fourth-order valence-electron chi connectivity index (χ4n) is 1.57. The van der Waals surface area contributed by atoms with E-state index >= 15 is 0 Å². The summed E-state index contributed by atoms with van der Waals surface area (Å²) in [4.78, 5) is 11.1. The SMILES string of the molecule is CC1NCCc2[nH][nH]c(=O)c21. The van der Waals surface area contributed by atoms with Gasteiger partial charge in [-0.15, -0.1) is 0 Å². The second kappa shape index (κ2) is 2.23. The molecule has 0 amide bonds. The minimum absolute atomic E-state index is 0.0136. The summed E-state index contributed by atoms with van der Waals surface area (Å²) in [5, 5.41) is 8.69. The van der Waals surface area contributed by atoms with Gasteiger partial charge in [0.2, 0.25) is 0 Å². The van der Waals surface area contributed by atoms with Crippen LogP contribution in [0.1, 0.15) is 24.2 Å². The third-order valence-corrected chi connectivity index (χ3v) is 2.16. The molecule has 0 spiro atoms. The molecule has 0 saturated heterocycles. The summed E-state index contributed by atoms with van der Waals surface area (Å²) < 4.78 is 0. The fraction of sp³-hybridized carbons (Fsp3) is 0.571. The fourth-order valence-corrected chi connectivity index (χ4v) is 1.57. The lowest BCUT2D eigenvalue weighted by atomic mass is 10.0. The molecule has 0 aromatic carbocycles. The summed E-state index contributed by atoms with van der Waals surface area (Å²) in [7, 11) is 0. The molecule has 3 N–H and O–H groups in total. The van der Waals surface area contributed by atoms with E-state index in [1.807, 2.05) is 6.92 Å². The molecule has 0 aliphatic carbocycles. The van der Waals surface area contributed by atoms with E-state index in [-0.39, 0.29) is 11.6 Å². The van der Waals surface area contributed by atoms with E-state index < -0.39 is 0 Å². The number of rotatable bonds is 0. The summed E-state index contributed by atoms with van der Waals surface area (Å²) in [5.74, 6) is 0. The van der Waals surface area contributed by atoms with E-state index in [0.717, 1.165) is 24.2 Å². The first-order chi connectivity index (χ1) is 5.29. The molecule has 11 heavy (non-hydrogen) atoms. The Labute approximate surface area is 64.0 Å². The lowest BCUT2D eigenvalue weighted by molar-refractivity contribution is 0.535. The standard InChI is InChI=1S/C7H11N3O/c1-4-6-5(2-3-8-4)9-10-7(6)11/h4,8H,2-3H2,1H3,(H2,9,10,11). The normalized spacial score (nSPS) is 23.2. The maximum absolute atomic E-state index is 11.1. The first-order valence-electron chi connectivity index (χ1n) is 3.82. The van der Waals surface area contributed by atoms with E-state index in [0.29, 0.717) is 0 Å². The highest BCUT2D eigenvalue weighted by Gasteiger charge is 2.19. The Hall–Kier alpha value is -1.03. The maximum atomic E-state index is 11.1. The first kappa shape index (κ1) is 6.67. The van der Waals surface area contributed by atoms with Crippen LogP contribution in [-0.2, 0) is 6.42 Å². The van der Waals surface area contributed by atoms with Gasteiger partial charge >= 0.3 is 0 Å². The van der Waals surface area contributed by atoms with Gasteiger partial charge in [0.25, 0.3) is 5.56 Å². The molecule has 1 aliphatic heterocycles. The number of nitrogens with one attached hydrogen (secondary N) is 3. The zero-order chi connectivity index (χ0) is 7.84. The molecule has 1 aliphatic rings. The van der Waals surface area contributed by atoms with Crippen molar-refractivity contribution >= 4 is 0 Å². The highest BCUT2D eigenvalue weighted by atomic mass is 16.1. The molecule has 2 rings (SSSR count). The van der Waals surface area contributed by atoms with Gasteiger partial charge in [-0.3, -0.25) is 9.89 Å². The van der Waals surface area contributed by atoms with Crippen LogP contribution in [0.5, 0.6) is 0 Å². The van der Waals surface area contributed by atoms with E-state index in [1.54, 1.807) is 0 Å². The second-order valence-electron chi connectivity index (χ2n) is 2.90. The lowest BCUT2D eigenvalue weighted by Crippen LogP contribution is -2.30. The Bertz CT molecular complexity index is 312. The van der Waals surface area contributed by atoms with Gasteiger partial charge in [0.15, 0.2) is 0 Å². The van der Waals surface area contributed by atoms with E-state index in [2.05, 4.69) is 15.5 Å². The number of aromatic nitrogens is 2. The average molecular weight is 153 g/mol. The lowest BCUT2D eigenvalue weighted by Gasteiger charge is -2.18. The van der Waals surface area contributed by atoms with Crippen LogP contribution in [0.4, 0.5) is 0 Å².